The van der Waals surface area contributed by atoms with Crippen molar-refractivity contribution in [2.24, 2.45) is 17.6 Å². The standard InChI is InChI=1S/C16H32N2S/c1-4-5-14-6-7-16(17)15(10-14)11-18-8-9-19-13(3)12(18)2/h12-16H,4-11,17H2,1-3H3. The molecule has 2 N–H and O–H groups in total. The minimum absolute atomic E-state index is 0.449. The third-order valence-electron chi connectivity index (χ3n) is 5.33. The second-order valence-electron chi connectivity index (χ2n) is 6.70. The molecular weight excluding hydrogens is 252 g/mol. The van der Waals surface area contributed by atoms with Crippen molar-refractivity contribution in [2.45, 2.75) is 70.2 Å². The Morgan fingerprint density at radius 3 is 2.79 bits per heavy atom. The predicted molar refractivity (Wildman–Crippen MR) is 86.7 cm³/mol. The summed E-state index contributed by atoms with van der Waals surface area (Å²) in [6.07, 6.45) is 6.74. The van der Waals surface area contributed by atoms with Crippen LogP contribution in [0.5, 0.6) is 0 Å². The summed E-state index contributed by atoms with van der Waals surface area (Å²) >= 11 is 2.13. The highest BCUT2D eigenvalue weighted by atomic mass is 32.2. The number of rotatable bonds is 4. The Kier molecular flexibility index (Phi) is 6.04. The average Bonchev–Trinajstić information content (AvgIpc) is 2.39. The highest BCUT2D eigenvalue weighted by molar-refractivity contribution is 8.00. The normalized spacial score (nSPS) is 41.4. The van der Waals surface area contributed by atoms with Crippen LogP contribution in [0, 0.1) is 11.8 Å². The molecule has 0 aromatic heterocycles. The van der Waals surface area contributed by atoms with Crippen molar-refractivity contribution in [1.29, 1.82) is 0 Å². The summed E-state index contributed by atoms with van der Waals surface area (Å²) in [5.41, 5.74) is 6.40. The minimum Gasteiger partial charge on any atom is -0.327 e. The van der Waals surface area contributed by atoms with Crippen LogP contribution >= 0.6 is 11.8 Å². The van der Waals surface area contributed by atoms with Crippen molar-refractivity contribution in [1.82, 2.24) is 4.90 Å². The maximum Gasteiger partial charge on any atom is 0.0184 e. The average molecular weight is 285 g/mol. The zero-order chi connectivity index (χ0) is 13.8. The van der Waals surface area contributed by atoms with Gasteiger partial charge < -0.3 is 5.73 Å². The molecule has 2 nitrogen and oxygen atoms in total. The van der Waals surface area contributed by atoms with Gasteiger partial charge in [-0.25, -0.2) is 0 Å². The van der Waals surface area contributed by atoms with E-state index in [9.17, 15) is 0 Å². The number of nitrogens with two attached hydrogens (primary N) is 1. The van der Waals surface area contributed by atoms with Gasteiger partial charge in [-0.05, 0) is 38.0 Å². The van der Waals surface area contributed by atoms with Gasteiger partial charge in [0.05, 0.1) is 0 Å². The molecule has 2 rings (SSSR count). The van der Waals surface area contributed by atoms with E-state index in [4.69, 9.17) is 5.73 Å². The number of nitrogens with zero attached hydrogens (tertiary/aromatic N) is 1. The smallest absolute Gasteiger partial charge is 0.0184 e. The number of hydrogen-bond acceptors (Lipinski definition) is 3. The largest absolute Gasteiger partial charge is 0.327 e. The maximum atomic E-state index is 6.40. The van der Waals surface area contributed by atoms with Gasteiger partial charge in [0, 0.05) is 36.2 Å². The van der Waals surface area contributed by atoms with E-state index in [0.717, 1.165) is 23.1 Å². The molecule has 1 saturated heterocycles. The maximum absolute atomic E-state index is 6.40. The molecule has 1 heterocycles. The van der Waals surface area contributed by atoms with Gasteiger partial charge in [-0.2, -0.15) is 11.8 Å². The molecule has 5 unspecified atom stereocenters. The summed E-state index contributed by atoms with van der Waals surface area (Å²) in [5, 5.41) is 0.778. The molecule has 1 aliphatic carbocycles. The van der Waals surface area contributed by atoms with Gasteiger partial charge in [0.2, 0.25) is 0 Å². The minimum atomic E-state index is 0.449. The molecule has 5 atom stereocenters. The van der Waals surface area contributed by atoms with E-state index in [1.54, 1.807) is 0 Å². The van der Waals surface area contributed by atoms with Crippen LogP contribution in [-0.4, -0.2) is 41.1 Å². The van der Waals surface area contributed by atoms with Gasteiger partial charge in [0.1, 0.15) is 0 Å². The first-order valence-corrected chi connectivity index (χ1v) is 9.28. The highest BCUT2D eigenvalue weighted by Gasteiger charge is 2.32. The molecule has 112 valence electrons. The molecule has 2 fully saturated rings. The molecule has 0 aromatic rings. The van der Waals surface area contributed by atoms with Gasteiger partial charge in [-0.3, -0.25) is 4.90 Å². The number of thioether (sulfide) groups is 1. The summed E-state index contributed by atoms with van der Waals surface area (Å²) in [6.45, 7) is 9.59. The molecule has 2 aliphatic rings. The topological polar surface area (TPSA) is 29.3 Å². The molecule has 0 amide bonds. The third-order valence-corrected chi connectivity index (χ3v) is 6.67. The van der Waals surface area contributed by atoms with Gasteiger partial charge >= 0.3 is 0 Å². The quantitative estimate of drug-likeness (QED) is 0.858. The molecule has 3 heteroatoms. The van der Waals surface area contributed by atoms with Crippen LogP contribution < -0.4 is 5.73 Å². The summed E-state index contributed by atoms with van der Waals surface area (Å²) in [4.78, 5) is 2.71. The summed E-state index contributed by atoms with van der Waals surface area (Å²) in [5.74, 6) is 2.98. The lowest BCUT2D eigenvalue weighted by molar-refractivity contribution is 0.126. The molecule has 0 radical (unpaired) electrons. The lowest BCUT2D eigenvalue weighted by Crippen LogP contribution is -2.50. The van der Waals surface area contributed by atoms with Crippen molar-refractivity contribution in [3.05, 3.63) is 0 Å². The van der Waals surface area contributed by atoms with E-state index in [1.165, 1.54) is 50.9 Å². The van der Waals surface area contributed by atoms with E-state index in [-0.39, 0.29) is 0 Å². The second-order valence-corrected chi connectivity index (χ2v) is 8.19. The zero-order valence-corrected chi connectivity index (χ0v) is 13.8. The van der Waals surface area contributed by atoms with Crippen molar-refractivity contribution >= 4 is 11.8 Å². The van der Waals surface area contributed by atoms with Crippen LogP contribution in [0.2, 0.25) is 0 Å². The van der Waals surface area contributed by atoms with Crippen molar-refractivity contribution in [3.8, 4) is 0 Å². The van der Waals surface area contributed by atoms with Crippen LogP contribution in [0.4, 0.5) is 0 Å². The summed E-state index contributed by atoms with van der Waals surface area (Å²) in [7, 11) is 0. The molecule has 1 saturated carbocycles. The Hall–Kier alpha value is 0.270. The van der Waals surface area contributed by atoms with E-state index in [2.05, 4.69) is 37.4 Å². The summed E-state index contributed by atoms with van der Waals surface area (Å²) in [6, 6.07) is 1.17. The van der Waals surface area contributed by atoms with Gasteiger partial charge in [-0.15, -0.1) is 0 Å². The molecule has 1 aliphatic heterocycles. The van der Waals surface area contributed by atoms with Gasteiger partial charge in [0.15, 0.2) is 0 Å². The van der Waals surface area contributed by atoms with Crippen LogP contribution in [-0.2, 0) is 0 Å². The zero-order valence-electron chi connectivity index (χ0n) is 13.0. The van der Waals surface area contributed by atoms with E-state index in [0.29, 0.717) is 6.04 Å². The SMILES string of the molecule is CCCC1CCC(N)C(CN2CCSC(C)C2C)C1. The van der Waals surface area contributed by atoms with Crippen molar-refractivity contribution < 1.29 is 0 Å². The first-order chi connectivity index (χ1) is 9.11. The van der Waals surface area contributed by atoms with E-state index in [1.807, 2.05) is 0 Å². The molecule has 0 bridgehead atoms. The molecule has 0 aromatic carbocycles. The van der Waals surface area contributed by atoms with Gasteiger partial charge in [0.25, 0.3) is 0 Å². The fraction of sp³-hybridized carbons (Fsp3) is 1.00. The molecule has 19 heavy (non-hydrogen) atoms. The predicted octanol–water partition coefficient (Wildman–Crippen LogP) is 3.36. The van der Waals surface area contributed by atoms with Crippen LogP contribution in [0.1, 0.15) is 52.9 Å². The first-order valence-electron chi connectivity index (χ1n) is 8.23. The van der Waals surface area contributed by atoms with E-state index >= 15 is 0 Å². The first kappa shape index (κ1) is 15.7. The Labute approximate surface area is 123 Å². The van der Waals surface area contributed by atoms with E-state index < -0.39 is 0 Å². The van der Waals surface area contributed by atoms with Gasteiger partial charge in [-0.1, -0.05) is 26.7 Å². The third kappa shape index (κ3) is 4.12. The van der Waals surface area contributed by atoms with Crippen LogP contribution in [0.25, 0.3) is 0 Å². The van der Waals surface area contributed by atoms with Crippen LogP contribution in [0.3, 0.4) is 0 Å². The molecular formula is C16H32N2S. The highest BCUT2D eigenvalue weighted by Crippen LogP contribution is 2.33. The Balaban J connectivity index is 1.88. The molecule has 0 spiro atoms. The Bertz CT molecular complexity index is 271. The van der Waals surface area contributed by atoms with Crippen molar-refractivity contribution in [2.75, 3.05) is 18.8 Å². The number of hydrogen-bond donors (Lipinski definition) is 1. The fourth-order valence-corrected chi connectivity index (χ4v) is 4.98. The lowest BCUT2D eigenvalue weighted by atomic mass is 9.76. The lowest BCUT2D eigenvalue weighted by Gasteiger charge is -2.42. The Morgan fingerprint density at radius 2 is 2.05 bits per heavy atom. The monoisotopic (exact) mass is 284 g/mol. The Morgan fingerprint density at radius 1 is 1.26 bits per heavy atom. The summed E-state index contributed by atoms with van der Waals surface area (Å²) < 4.78 is 0. The second kappa shape index (κ2) is 7.33. The van der Waals surface area contributed by atoms with Crippen molar-refractivity contribution in [3.63, 3.8) is 0 Å². The fourth-order valence-electron chi connectivity index (χ4n) is 3.82. The van der Waals surface area contributed by atoms with Crippen LogP contribution in [0.15, 0.2) is 0 Å².